The molecule has 21 heavy (non-hydrogen) atoms. The van der Waals surface area contributed by atoms with E-state index in [4.69, 9.17) is 15.7 Å². The van der Waals surface area contributed by atoms with Crippen LogP contribution in [0.2, 0.25) is 0 Å². The summed E-state index contributed by atoms with van der Waals surface area (Å²) in [7, 11) is 1.57. The maximum absolute atomic E-state index is 14.1. The van der Waals surface area contributed by atoms with Gasteiger partial charge in [0.2, 0.25) is 0 Å². The summed E-state index contributed by atoms with van der Waals surface area (Å²) in [5, 5.41) is 24.5. The molecule has 0 saturated heterocycles. The number of benzene rings is 1. The van der Waals surface area contributed by atoms with Crippen LogP contribution in [0.4, 0.5) is 4.39 Å². The molecule has 1 rings (SSSR count). The van der Waals surface area contributed by atoms with E-state index in [9.17, 15) is 9.50 Å². The molecular weight excluding hydrogens is 277 g/mol. The lowest BCUT2D eigenvalue weighted by Crippen LogP contribution is -2.38. The highest BCUT2D eigenvalue weighted by Gasteiger charge is 2.19. The van der Waals surface area contributed by atoms with Crippen LogP contribution in [0.5, 0.6) is 0 Å². The molecule has 0 aromatic heterocycles. The third kappa shape index (κ3) is 5.30. The molecule has 0 saturated carbocycles. The Kier molecular flexibility index (Phi) is 6.54. The molecule has 0 amide bonds. The van der Waals surface area contributed by atoms with Gasteiger partial charge in [0.05, 0.1) is 11.2 Å². The van der Waals surface area contributed by atoms with Gasteiger partial charge in [0.15, 0.2) is 5.84 Å². The topological polar surface area (TPSA) is 100 Å². The number of nitrogens with one attached hydrogen (secondary N) is 1. The van der Waals surface area contributed by atoms with E-state index in [2.05, 4.69) is 10.5 Å². The molecule has 0 spiro atoms. The molecule has 1 aromatic carbocycles. The van der Waals surface area contributed by atoms with Crippen molar-refractivity contribution < 1.29 is 19.4 Å². The monoisotopic (exact) mass is 299 g/mol. The number of nitrogens with zero attached hydrogens (tertiary/aromatic N) is 1. The smallest absolute Gasteiger partial charge is 0.173 e. The summed E-state index contributed by atoms with van der Waals surface area (Å²) in [6, 6.07) is 4.65. The second-order valence-electron chi connectivity index (χ2n) is 5.11. The first-order chi connectivity index (χ1) is 9.91. The van der Waals surface area contributed by atoms with E-state index in [1.165, 1.54) is 6.07 Å². The van der Waals surface area contributed by atoms with Gasteiger partial charge in [-0.05, 0) is 13.0 Å². The van der Waals surface area contributed by atoms with Gasteiger partial charge in [0.25, 0.3) is 0 Å². The fourth-order valence-electron chi connectivity index (χ4n) is 1.84. The third-order valence-corrected chi connectivity index (χ3v) is 3.13. The van der Waals surface area contributed by atoms with Crippen LogP contribution in [0.1, 0.15) is 24.5 Å². The van der Waals surface area contributed by atoms with Gasteiger partial charge in [0, 0.05) is 38.8 Å². The lowest BCUT2D eigenvalue weighted by Gasteiger charge is -2.23. The van der Waals surface area contributed by atoms with Crippen molar-refractivity contribution in [1.82, 2.24) is 5.32 Å². The van der Waals surface area contributed by atoms with Crippen molar-refractivity contribution in [2.45, 2.75) is 25.5 Å². The Morgan fingerprint density at radius 3 is 2.86 bits per heavy atom. The van der Waals surface area contributed by atoms with Crippen molar-refractivity contribution in [3.05, 3.63) is 35.1 Å². The van der Waals surface area contributed by atoms with Gasteiger partial charge in [-0.15, -0.1) is 0 Å². The largest absolute Gasteiger partial charge is 0.409 e. The minimum atomic E-state index is -0.935. The zero-order valence-electron chi connectivity index (χ0n) is 12.3. The zero-order chi connectivity index (χ0) is 15.9. The molecule has 0 aliphatic rings. The number of amidine groups is 1. The van der Waals surface area contributed by atoms with Crippen molar-refractivity contribution in [3.8, 4) is 0 Å². The molecule has 0 bridgehead atoms. The Morgan fingerprint density at radius 2 is 2.24 bits per heavy atom. The standard InChI is InChI=1S/C14H22FN3O3/c1-14(19,6-7-21-2)9-17-8-10-4-3-5-11(12(10)15)13(16)18-20/h3-5,17,19-20H,6-9H2,1-2H3,(H2,16,18). The summed E-state index contributed by atoms with van der Waals surface area (Å²) in [5.41, 5.74) is 4.89. The van der Waals surface area contributed by atoms with Crippen LogP contribution in [0.25, 0.3) is 0 Å². The lowest BCUT2D eigenvalue weighted by molar-refractivity contribution is 0.0247. The molecular formula is C14H22FN3O3. The second-order valence-corrected chi connectivity index (χ2v) is 5.11. The van der Waals surface area contributed by atoms with Gasteiger partial charge in [-0.25, -0.2) is 4.39 Å². The number of hydrogen-bond donors (Lipinski definition) is 4. The molecule has 0 heterocycles. The van der Waals surface area contributed by atoms with Gasteiger partial charge in [0.1, 0.15) is 5.82 Å². The Bertz CT molecular complexity index is 492. The number of oxime groups is 1. The van der Waals surface area contributed by atoms with Gasteiger partial charge in [-0.1, -0.05) is 17.3 Å². The maximum atomic E-state index is 14.1. The highest BCUT2D eigenvalue weighted by molar-refractivity contribution is 5.97. The number of methoxy groups -OCH3 is 1. The Labute approximate surface area is 123 Å². The average Bonchev–Trinajstić information content (AvgIpc) is 2.46. The normalized spacial score (nSPS) is 15.0. The Morgan fingerprint density at radius 1 is 1.52 bits per heavy atom. The van der Waals surface area contributed by atoms with Crippen molar-refractivity contribution in [1.29, 1.82) is 0 Å². The molecule has 7 heteroatoms. The summed E-state index contributed by atoms with van der Waals surface area (Å²) in [4.78, 5) is 0. The zero-order valence-corrected chi connectivity index (χ0v) is 12.3. The fraction of sp³-hybridized carbons (Fsp3) is 0.500. The molecule has 1 unspecified atom stereocenters. The number of rotatable bonds is 8. The summed E-state index contributed by atoms with van der Waals surface area (Å²) >= 11 is 0. The molecule has 0 aliphatic carbocycles. The predicted molar refractivity (Wildman–Crippen MR) is 77.7 cm³/mol. The van der Waals surface area contributed by atoms with Gasteiger partial charge in [-0.2, -0.15) is 0 Å². The molecule has 118 valence electrons. The quantitative estimate of drug-likeness (QED) is 0.246. The molecule has 0 aliphatic heterocycles. The predicted octanol–water partition coefficient (Wildman–Crippen LogP) is 0.797. The average molecular weight is 299 g/mol. The van der Waals surface area contributed by atoms with Crippen LogP contribution in [0.15, 0.2) is 23.4 Å². The van der Waals surface area contributed by atoms with E-state index in [0.717, 1.165) is 0 Å². The minimum absolute atomic E-state index is 0.0444. The van der Waals surface area contributed by atoms with E-state index in [1.54, 1.807) is 26.2 Å². The van der Waals surface area contributed by atoms with E-state index in [0.29, 0.717) is 25.1 Å². The molecule has 6 nitrogen and oxygen atoms in total. The van der Waals surface area contributed by atoms with Gasteiger partial charge in [-0.3, -0.25) is 0 Å². The number of nitrogens with two attached hydrogens (primary N) is 1. The lowest BCUT2D eigenvalue weighted by atomic mass is 10.0. The van der Waals surface area contributed by atoms with Gasteiger partial charge < -0.3 is 26.1 Å². The summed E-state index contributed by atoms with van der Waals surface area (Å²) < 4.78 is 19.1. The van der Waals surface area contributed by atoms with Crippen molar-refractivity contribution in [2.75, 3.05) is 20.3 Å². The van der Waals surface area contributed by atoms with Crippen molar-refractivity contribution >= 4 is 5.84 Å². The molecule has 1 atom stereocenters. The minimum Gasteiger partial charge on any atom is -0.409 e. The molecule has 1 aromatic rings. The summed E-state index contributed by atoms with van der Waals surface area (Å²) in [6.45, 7) is 2.65. The maximum Gasteiger partial charge on any atom is 0.173 e. The van der Waals surface area contributed by atoms with Crippen LogP contribution in [0.3, 0.4) is 0 Å². The highest BCUT2D eigenvalue weighted by Crippen LogP contribution is 2.14. The first kappa shape index (κ1) is 17.4. The van der Waals surface area contributed by atoms with Gasteiger partial charge >= 0.3 is 0 Å². The highest BCUT2D eigenvalue weighted by atomic mass is 19.1. The number of hydrogen-bond acceptors (Lipinski definition) is 5. The first-order valence-electron chi connectivity index (χ1n) is 6.58. The molecule has 0 radical (unpaired) electrons. The number of aliphatic hydroxyl groups is 1. The fourth-order valence-corrected chi connectivity index (χ4v) is 1.84. The van der Waals surface area contributed by atoms with Crippen LogP contribution in [-0.4, -0.2) is 42.0 Å². The second kappa shape index (κ2) is 7.92. The van der Waals surface area contributed by atoms with E-state index in [-0.39, 0.29) is 17.9 Å². The Hall–Kier alpha value is -1.70. The van der Waals surface area contributed by atoms with E-state index >= 15 is 0 Å². The van der Waals surface area contributed by atoms with Crippen molar-refractivity contribution in [2.24, 2.45) is 10.9 Å². The number of ether oxygens (including phenoxy) is 1. The SMILES string of the molecule is COCCC(C)(O)CNCc1cccc(/C(N)=N/O)c1F. The van der Waals surface area contributed by atoms with Crippen LogP contribution in [-0.2, 0) is 11.3 Å². The Balaban J connectivity index is 2.64. The van der Waals surface area contributed by atoms with Crippen LogP contribution >= 0.6 is 0 Å². The summed E-state index contributed by atoms with van der Waals surface area (Å²) in [5.74, 6) is -0.821. The summed E-state index contributed by atoms with van der Waals surface area (Å²) in [6.07, 6.45) is 0.475. The molecule has 0 fully saturated rings. The van der Waals surface area contributed by atoms with Crippen molar-refractivity contribution in [3.63, 3.8) is 0 Å². The van der Waals surface area contributed by atoms with Crippen LogP contribution in [0, 0.1) is 5.82 Å². The number of halogens is 1. The molecule has 5 N–H and O–H groups in total. The van der Waals surface area contributed by atoms with E-state index < -0.39 is 11.4 Å². The third-order valence-electron chi connectivity index (χ3n) is 3.13. The van der Waals surface area contributed by atoms with E-state index in [1.807, 2.05) is 0 Å². The first-order valence-corrected chi connectivity index (χ1v) is 6.58. The van der Waals surface area contributed by atoms with Crippen LogP contribution < -0.4 is 11.1 Å².